The van der Waals surface area contributed by atoms with Crippen molar-refractivity contribution in [1.29, 1.82) is 0 Å². The monoisotopic (exact) mass is 233 g/mol. The fourth-order valence-corrected chi connectivity index (χ4v) is 3.05. The van der Waals surface area contributed by atoms with E-state index in [1.165, 1.54) is 5.56 Å². The van der Waals surface area contributed by atoms with Crippen LogP contribution in [0.3, 0.4) is 0 Å². The van der Waals surface area contributed by atoms with E-state index in [4.69, 9.17) is 0 Å². The summed E-state index contributed by atoms with van der Waals surface area (Å²) in [6.07, 6.45) is 2.85. The van der Waals surface area contributed by atoms with Crippen LogP contribution in [-0.4, -0.2) is 30.6 Å². The lowest BCUT2D eigenvalue weighted by Crippen LogP contribution is -2.28. The van der Waals surface area contributed by atoms with E-state index in [-0.39, 0.29) is 11.5 Å². The molecule has 1 aliphatic carbocycles. The van der Waals surface area contributed by atoms with Crippen LogP contribution in [0.15, 0.2) is 24.3 Å². The van der Waals surface area contributed by atoms with Gasteiger partial charge in [-0.1, -0.05) is 31.2 Å². The van der Waals surface area contributed by atoms with Gasteiger partial charge in [-0.3, -0.25) is 0 Å². The minimum absolute atomic E-state index is 0.181. The maximum absolute atomic E-state index is 10.2. The highest BCUT2D eigenvalue weighted by Crippen LogP contribution is 2.48. The maximum Gasteiger partial charge on any atom is 0.0801 e. The number of benzene rings is 1. The van der Waals surface area contributed by atoms with Crippen LogP contribution in [0.5, 0.6) is 0 Å². The number of aliphatic hydroxyl groups is 1. The number of rotatable bonds is 4. The van der Waals surface area contributed by atoms with Crippen LogP contribution in [0.25, 0.3) is 0 Å². The van der Waals surface area contributed by atoms with Crippen molar-refractivity contribution in [2.24, 2.45) is 0 Å². The zero-order valence-corrected chi connectivity index (χ0v) is 11.1. The third-order valence-electron chi connectivity index (χ3n) is 4.19. The van der Waals surface area contributed by atoms with Crippen molar-refractivity contribution in [3.05, 3.63) is 35.4 Å². The van der Waals surface area contributed by atoms with E-state index in [0.29, 0.717) is 0 Å². The van der Waals surface area contributed by atoms with Gasteiger partial charge in [-0.2, -0.15) is 0 Å². The molecule has 2 rings (SSSR count). The minimum Gasteiger partial charge on any atom is -0.388 e. The van der Waals surface area contributed by atoms with Gasteiger partial charge in [-0.15, -0.1) is 0 Å². The Bertz CT molecular complexity index is 388. The summed E-state index contributed by atoms with van der Waals surface area (Å²) in [5.74, 6) is 0. The fraction of sp³-hybridized carbons (Fsp3) is 0.600. The van der Waals surface area contributed by atoms with Gasteiger partial charge in [0.1, 0.15) is 0 Å². The topological polar surface area (TPSA) is 23.5 Å². The van der Waals surface area contributed by atoms with Gasteiger partial charge in [0.2, 0.25) is 0 Å². The summed E-state index contributed by atoms with van der Waals surface area (Å²) in [6.45, 7) is 3.32. The van der Waals surface area contributed by atoms with Crippen molar-refractivity contribution < 1.29 is 5.11 Å². The Kier molecular flexibility index (Phi) is 3.55. The van der Waals surface area contributed by atoms with Crippen molar-refractivity contribution in [1.82, 2.24) is 4.90 Å². The van der Waals surface area contributed by atoms with E-state index in [9.17, 15) is 5.11 Å². The average Bonchev–Trinajstić information content (AvgIpc) is 2.62. The molecule has 1 aromatic rings. The van der Waals surface area contributed by atoms with Crippen LogP contribution in [0, 0.1) is 0 Å². The summed E-state index contributed by atoms with van der Waals surface area (Å²) in [6, 6.07) is 8.40. The van der Waals surface area contributed by atoms with Crippen molar-refractivity contribution >= 4 is 0 Å². The number of hydrogen-bond donors (Lipinski definition) is 1. The first-order valence-corrected chi connectivity index (χ1v) is 6.51. The Hall–Kier alpha value is -0.860. The van der Waals surface area contributed by atoms with Gasteiger partial charge in [0.05, 0.1) is 6.10 Å². The molecule has 1 N–H and O–H groups in total. The standard InChI is InChI=1S/C15H23NO/c1-4-15(9-10-16(2)3)11-14(17)12-7-5-6-8-13(12)15/h5-8,14,17H,4,9-11H2,1-3H3. The van der Waals surface area contributed by atoms with Crippen molar-refractivity contribution in [3.63, 3.8) is 0 Å². The molecule has 0 amide bonds. The highest BCUT2D eigenvalue weighted by molar-refractivity contribution is 5.41. The van der Waals surface area contributed by atoms with Gasteiger partial charge in [0, 0.05) is 0 Å². The molecule has 1 aliphatic rings. The first-order chi connectivity index (χ1) is 8.09. The third kappa shape index (κ3) is 2.24. The maximum atomic E-state index is 10.2. The Morgan fingerprint density at radius 3 is 2.71 bits per heavy atom. The largest absolute Gasteiger partial charge is 0.388 e. The van der Waals surface area contributed by atoms with Crippen molar-refractivity contribution in [2.45, 2.75) is 37.7 Å². The molecule has 0 saturated carbocycles. The highest BCUT2D eigenvalue weighted by Gasteiger charge is 2.41. The van der Waals surface area contributed by atoms with Crippen molar-refractivity contribution in [3.8, 4) is 0 Å². The normalized spacial score (nSPS) is 27.5. The number of aliphatic hydroxyl groups excluding tert-OH is 1. The Balaban J connectivity index is 2.30. The lowest BCUT2D eigenvalue weighted by Gasteiger charge is -2.30. The van der Waals surface area contributed by atoms with E-state index in [0.717, 1.165) is 31.4 Å². The van der Waals surface area contributed by atoms with Gasteiger partial charge < -0.3 is 10.0 Å². The van der Waals surface area contributed by atoms with Crippen LogP contribution >= 0.6 is 0 Å². The van der Waals surface area contributed by atoms with Crippen LogP contribution < -0.4 is 0 Å². The van der Waals surface area contributed by atoms with E-state index < -0.39 is 0 Å². The summed E-state index contributed by atoms with van der Waals surface area (Å²) in [5, 5.41) is 10.2. The molecule has 0 fully saturated rings. The fourth-order valence-electron chi connectivity index (χ4n) is 3.05. The molecule has 0 bridgehead atoms. The molecule has 2 heteroatoms. The summed E-state index contributed by atoms with van der Waals surface area (Å²) in [4.78, 5) is 2.23. The summed E-state index contributed by atoms with van der Waals surface area (Å²) < 4.78 is 0. The lowest BCUT2D eigenvalue weighted by molar-refractivity contribution is 0.146. The molecular weight excluding hydrogens is 210 g/mol. The highest BCUT2D eigenvalue weighted by atomic mass is 16.3. The Labute approximate surface area is 104 Å². The van der Waals surface area contributed by atoms with Gasteiger partial charge in [-0.25, -0.2) is 0 Å². The second kappa shape index (κ2) is 4.79. The zero-order chi connectivity index (χ0) is 12.5. The van der Waals surface area contributed by atoms with Gasteiger partial charge in [0.25, 0.3) is 0 Å². The SMILES string of the molecule is CCC1(CCN(C)C)CC(O)c2ccccc21. The molecule has 94 valence electrons. The van der Waals surface area contributed by atoms with Gasteiger partial charge in [-0.05, 0) is 56.4 Å². The average molecular weight is 233 g/mol. The first-order valence-electron chi connectivity index (χ1n) is 6.51. The number of fused-ring (bicyclic) bond motifs is 1. The molecule has 0 heterocycles. The second-order valence-corrected chi connectivity index (χ2v) is 5.49. The van der Waals surface area contributed by atoms with Gasteiger partial charge in [0.15, 0.2) is 0 Å². The number of hydrogen-bond acceptors (Lipinski definition) is 2. The summed E-state index contributed by atoms with van der Waals surface area (Å²) in [7, 11) is 4.22. The molecule has 0 saturated heterocycles. The van der Waals surface area contributed by atoms with Crippen LogP contribution in [-0.2, 0) is 5.41 Å². The van der Waals surface area contributed by atoms with E-state index in [1.807, 2.05) is 6.07 Å². The second-order valence-electron chi connectivity index (χ2n) is 5.49. The molecule has 2 atom stereocenters. The molecule has 1 aromatic carbocycles. The molecule has 17 heavy (non-hydrogen) atoms. The molecular formula is C15H23NO. The summed E-state index contributed by atoms with van der Waals surface area (Å²) >= 11 is 0. The van der Waals surface area contributed by atoms with Gasteiger partial charge >= 0.3 is 0 Å². The van der Waals surface area contributed by atoms with E-state index in [2.05, 4.69) is 44.1 Å². The quantitative estimate of drug-likeness (QED) is 0.864. The molecule has 2 unspecified atom stereocenters. The van der Waals surface area contributed by atoms with E-state index >= 15 is 0 Å². The summed E-state index contributed by atoms with van der Waals surface area (Å²) in [5.41, 5.74) is 2.70. The van der Waals surface area contributed by atoms with Crippen LogP contribution in [0.1, 0.15) is 43.4 Å². The zero-order valence-electron chi connectivity index (χ0n) is 11.1. The molecule has 0 aromatic heterocycles. The lowest BCUT2D eigenvalue weighted by atomic mass is 9.76. The first kappa shape index (κ1) is 12.6. The van der Waals surface area contributed by atoms with Crippen LogP contribution in [0.2, 0.25) is 0 Å². The minimum atomic E-state index is -0.270. The number of nitrogens with zero attached hydrogens (tertiary/aromatic N) is 1. The smallest absolute Gasteiger partial charge is 0.0801 e. The molecule has 2 nitrogen and oxygen atoms in total. The van der Waals surface area contributed by atoms with Crippen molar-refractivity contribution in [2.75, 3.05) is 20.6 Å². The van der Waals surface area contributed by atoms with E-state index in [1.54, 1.807) is 0 Å². The predicted molar refractivity (Wildman–Crippen MR) is 71.2 cm³/mol. The van der Waals surface area contributed by atoms with Crippen LogP contribution in [0.4, 0.5) is 0 Å². The molecule has 0 radical (unpaired) electrons. The molecule has 0 spiro atoms. The Morgan fingerprint density at radius 1 is 1.35 bits per heavy atom. The third-order valence-corrected chi connectivity index (χ3v) is 4.19. The predicted octanol–water partition coefficient (Wildman–Crippen LogP) is 2.72. The molecule has 0 aliphatic heterocycles. The Morgan fingerprint density at radius 2 is 2.06 bits per heavy atom.